The van der Waals surface area contributed by atoms with Crippen molar-refractivity contribution in [1.82, 2.24) is 0 Å². The van der Waals surface area contributed by atoms with Crippen LogP contribution in [-0.2, 0) is 36.2 Å². The molecule has 1 rings (SSSR count). The SMILES string of the molecule is O=C([O-])C(=O)Nc1cc([N+](=O)[O-])c([N+](=O)[O-])cc1NC(=O)C(=O)[O-].[Cu+2]. The molecule has 0 aromatic heterocycles. The third-order valence-electron chi connectivity index (χ3n) is 2.38. The van der Waals surface area contributed by atoms with Crippen LogP contribution in [0.25, 0.3) is 0 Å². The van der Waals surface area contributed by atoms with Gasteiger partial charge in [-0.2, -0.15) is 0 Å². The Balaban J connectivity index is 0.00000576. The number of benzene rings is 1. The van der Waals surface area contributed by atoms with E-state index in [2.05, 4.69) is 0 Å². The zero-order chi connectivity index (χ0) is 18.6. The molecule has 0 saturated heterocycles. The Kier molecular flexibility index (Phi) is 7.13. The predicted octanol–water partition coefficient (Wildman–Crippen LogP) is -3.12. The number of nitro benzene ring substituents is 2. The van der Waals surface area contributed by atoms with Crippen LogP contribution in [0.4, 0.5) is 22.7 Å². The van der Waals surface area contributed by atoms with Gasteiger partial charge < -0.3 is 30.4 Å². The van der Waals surface area contributed by atoms with Crippen LogP contribution in [-0.4, -0.2) is 33.6 Å². The molecular weight excluding hydrogens is 400 g/mol. The minimum Gasteiger partial charge on any atom is -0.540 e. The summed E-state index contributed by atoms with van der Waals surface area (Å²) in [5, 5.41) is 45.5. The Morgan fingerprint density at radius 2 is 1.04 bits per heavy atom. The number of nitrogens with one attached hydrogen (secondary N) is 2. The molecule has 0 heterocycles. The van der Waals surface area contributed by atoms with Crippen LogP contribution in [0.5, 0.6) is 0 Å². The molecule has 1 radical (unpaired) electrons. The molecule has 135 valence electrons. The van der Waals surface area contributed by atoms with E-state index in [0.717, 1.165) is 0 Å². The van der Waals surface area contributed by atoms with Crippen molar-refractivity contribution < 1.29 is 56.3 Å². The smallest absolute Gasteiger partial charge is 0.540 e. The maximum absolute atomic E-state index is 11.1. The topological polar surface area (TPSA) is 225 Å². The number of aliphatic carboxylic acids is 2. The minimum absolute atomic E-state index is 0. The van der Waals surface area contributed by atoms with Crippen molar-refractivity contribution in [3.63, 3.8) is 0 Å². The summed E-state index contributed by atoms with van der Waals surface area (Å²) in [7, 11) is 0. The monoisotopic (exact) mass is 403 g/mol. The van der Waals surface area contributed by atoms with E-state index >= 15 is 0 Å². The Morgan fingerprint density at radius 3 is 1.24 bits per heavy atom. The van der Waals surface area contributed by atoms with Crippen LogP contribution in [0.1, 0.15) is 0 Å². The molecule has 0 aliphatic heterocycles. The molecular formula is C10H4CuN4O10. The van der Waals surface area contributed by atoms with Crippen molar-refractivity contribution >= 4 is 46.5 Å². The third kappa shape index (κ3) is 5.22. The summed E-state index contributed by atoms with van der Waals surface area (Å²) in [6.07, 6.45) is 0. The first kappa shape index (κ1) is 21.4. The van der Waals surface area contributed by atoms with Gasteiger partial charge in [-0.15, -0.1) is 0 Å². The van der Waals surface area contributed by atoms with Crippen LogP contribution >= 0.6 is 0 Å². The molecule has 2 N–H and O–H groups in total. The summed E-state index contributed by atoms with van der Waals surface area (Å²) >= 11 is 0. The molecule has 25 heavy (non-hydrogen) atoms. The second kappa shape index (κ2) is 8.32. The standard InChI is InChI=1S/C10H6N4O10.Cu/c15-7(9(17)18)11-3-1-5(13(21)22)6(14(23)24)2-4(3)12-8(16)10(19)20;/h1-2H,(H,11,15)(H,12,16)(H,17,18)(H,19,20);/q;+2/p-2. The fourth-order valence-corrected chi connectivity index (χ4v) is 1.42. The Hall–Kier alpha value is -3.58. The fourth-order valence-electron chi connectivity index (χ4n) is 1.42. The summed E-state index contributed by atoms with van der Waals surface area (Å²) in [4.78, 5) is 62.1. The van der Waals surface area contributed by atoms with Gasteiger partial charge in [0.15, 0.2) is 0 Å². The van der Waals surface area contributed by atoms with Crippen molar-refractivity contribution in [3.05, 3.63) is 32.4 Å². The normalized spacial score (nSPS) is 9.28. The first-order valence-electron chi connectivity index (χ1n) is 5.56. The van der Waals surface area contributed by atoms with Gasteiger partial charge in [0.2, 0.25) is 0 Å². The molecule has 0 atom stereocenters. The summed E-state index contributed by atoms with van der Waals surface area (Å²) in [5.74, 6) is -8.12. The van der Waals surface area contributed by atoms with E-state index in [1.54, 1.807) is 10.6 Å². The number of rotatable bonds is 4. The summed E-state index contributed by atoms with van der Waals surface area (Å²) in [6, 6.07) is 0.730. The van der Waals surface area contributed by atoms with Gasteiger partial charge in [-0.1, -0.05) is 0 Å². The van der Waals surface area contributed by atoms with Gasteiger partial charge in [-0.3, -0.25) is 29.8 Å². The molecule has 0 bridgehead atoms. The Morgan fingerprint density at radius 1 is 0.760 bits per heavy atom. The molecule has 0 fully saturated rings. The molecule has 0 aliphatic carbocycles. The maximum atomic E-state index is 11.1. The van der Waals surface area contributed by atoms with Crippen LogP contribution in [0.2, 0.25) is 0 Å². The second-order valence-corrected chi connectivity index (χ2v) is 3.88. The minimum atomic E-state index is -2.26. The third-order valence-corrected chi connectivity index (χ3v) is 2.38. The number of hydrogen-bond acceptors (Lipinski definition) is 10. The largest absolute Gasteiger partial charge is 2.00 e. The summed E-state index contributed by atoms with van der Waals surface area (Å²) in [5.41, 5.74) is -3.87. The average Bonchev–Trinajstić information content (AvgIpc) is 2.47. The number of carbonyl (C=O) groups is 4. The molecule has 0 unspecified atom stereocenters. The molecule has 2 amide bonds. The van der Waals surface area contributed by atoms with Crippen molar-refractivity contribution in [2.75, 3.05) is 10.6 Å². The molecule has 15 heteroatoms. The first-order chi connectivity index (χ1) is 11.0. The van der Waals surface area contributed by atoms with Gasteiger partial charge in [0, 0.05) is 12.1 Å². The van der Waals surface area contributed by atoms with Crippen molar-refractivity contribution in [1.29, 1.82) is 0 Å². The van der Waals surface area contributed by atoms with E-state index in [1.807, 2.05) is 0 Å². The molecule has 0 aliphatic rings. The average molecular weight is 404 g/mol. The second-order valence-electron chi connectivity index (χ2n) is 3.88. The van der Waals surface area contributed by atoms with Gasteiger partial charge >= 0.3 is 28.4 Å². The van der Waals surface area contributed by atoms with Gasteiger partial charge in [0.1, 0.15) is 11.9 Å². The van der Waals surface area contributed by atoms with E-state index in [-0.39, 0.29) is 17.1 Å². The predicted molar refractivity (Wildman–Crippen MR) is 67.0 cm³/mol. The van der Waals surface area contributed by atoms with Crippen molar-refractivity contribution in [3.8, 4) is 0 Å². The number of nitro groups is 2. The van der Waals surface area contributed by atoms with Crippen LogP contribution in [0.3, 0.4) is 0 Å². The van der Waals surface area contributed by atoms with Gasteiger partial charge in [-0.05, 0) is 0 Å². The number of carbonyl (C=O) groups excluding carboxylic acids is 4. The van der Waals surface area contributed by atoms with Crippen molar-refractivity contribution in [2.24, 2.45) is 0 Å². The van der Waals surface area contributed by atoms with E-state index < -0.39 is 56.3 Å². The van der Waals surface area contributed by atoms with E-state index in [0.29, 0.717) is 12.1 Å². The number of anilines is 2. The van der Waals surface area contributed by atoms with E-state index in [9.17, 15) is 49.6 Å². The van der Waals surface area contributed by atoms with E-state index in [4.69, 9.17) is 0 Å². The molecule has 0 saturated carbocycles. The molecule has 0 spiro atoms. The van der Waals surface area contributed by atoms with E-state index in [1.165, 1.54) is 0 Å². The van der Waals surface area contributed by atoms with Crippen LogP contribution in [0.15, 0.2) is 12.1 Å². The number of carboxylic acid groups (broad SMARTS) is 2. The number of hydrogen-bond donors (Lipinski definition) is 2. The first-order valence-corrected chi connectivity index (χ1v) is 5.56. The summed E-state index contributed by atoms with van der Waals surface area (Å²) < 4.78 is 0. The van der Waals surface area contributed by atoms with Crippen LogP contribution in [0, 0.1) is 20.2 Å². The molecule has 1 aromatic carbocycles. The molecule has 14 nitrogen and oxygen atoms in total. The zero-order valence-electron chi connectivity index (χ0n) is 11.4. The van der Waals surface area contributed by atoms with Gasteiger partial charge in [0.05, 0.1) is 21.2 Å². The Labute approximate surface area is 146 Å². The number of nitrogens with zero attached hydrogens (tertiary/aromatic N) is 2. The summed E-state index contributed by atoms with van der Waals surface area (Å²) in [6.45, 7) is 0. The van der Waals surface area contributed by atoms with Crippen molar-refractivity contribution in [2.45, 2.75) is 0 Å². The van der Waals surface area contributed by atoms with Gasteiger partial charge in [-0.25, -0.2) is 0 Å². The van der Waals surface area contributed by atoms with Crippen LogP contribution < -0.4 is 20.8 Å². The number of amides is 2. The maximum Gasteiger partial charge on any atom is 2.00 e. The molecule has 1 aromatic rings. The quantitative estimate of drug-likeness (QED) is 0.222. The Bertz CT molecular complexity index is 727. The zero-order valence-corrected chi connectivity index (χ0v) is 12.4. The fraction of sp³-hybridized carbons (Fsp3) is 0. The van der Waals surface area contributed by atoms with Gasteiger partial charge in [0.25, 0.3) is 11.8 Å². The number of carboxylic acids is 2.